The van der Waals surface area contributed by atoms with Crippen molar-refractivity contribution >= 4 is 11.0 Å². The second kappa shape index (κ2) is 8.40. The Balaban J connectivity index is 1.22. The Morgan fingerprint density at radius 3 is 2.56 bits per heavy atom. The molecule has 2 fully saturated rings. The van der Waals surface area contributed by atoms with Gasteiger partial charge in [0, 0.05) is 12.6 Å². The summed E-state index contributed by atoms with van der Waals surface area (Å²) < 4.78 is 66.9. The summed E-state index contributed by atoms with van der Waals surface area (Å²) in [5, 5.41) is 3.87. The molecule has 0 N–H and O–H groups in total. The van der Waals surface area contributed by atoms with E-state index < -0.39 is 24.8 Å². The van der Waals surface area contributed by atoms with Crippen molar-refractivity contribution < 1.29 is 22.0 Å². The average Bonchev–Trinajstić information content (AvgIpc) is 3.16. The number of halogens is 5. The van der Waals surface area contributed by atoms with Crippen LogP contribution in [0, 0.1) is 5.41 Å². The van der Waals surface area contributed by atoms with Gasteiger partial charge in [0.25, 0.3) is 12.0 Å². The van der Waals surface area contributed by atoms with E-state index in [4.69, 9.17) is 0 Å². The summed E-state index contributed by atoms with van der Waals surface area (Å²) in [5.74, 6) is 0. The minimum atomic E-state index is -4.46. The Hall–Kier alpha value is -2.89. The first-order valence-corrected chi connectivity index (χ1v) is 11.1. The Morgan fingerprint density at radius 2 is 1.88 bits per heavy atom. The second-order valence-corrected chi connectivity index (χ2v) is 9.26. The van der Waals surface area contributed by atoms with E-state index in [0.717, 1.165) is 49.5 Å². The maximum Gasteiger partial charge on any atom is 0.433 e. The fraction of sp³-hybridized carbons (Fsp3) is 0.545. The van der Waals surface area contributed by atoms with E-state index in [0.29, 0.717) is 17.8 Å². The summed E-state index contributed by atoms with van der Waals surface area (Å²) in [5.41, 5.74) is -0.398. The van der Waals surface area contributed by atoms with Crippen molar-refractivity contribution in [1.29, 1.82) is 0 Å². The van der Waals surface area contributed by atoms with Gasteiger partial charge in [-0.15, -0.1) is 0 Å². The number of fused-ring (bicyclic) bond motifs is 1. The molecule has 7 nitrogen and oxygen atoms in total. The molecule has 0 unspecified atom stereocenters. The molecule has 1 saturated carbocycles. The minimum absolute atomic E-state index is 0.0593. The summed E-state index contributed by atoms with van der Waals surface area (Å²) in [7, 11) is 0. The molecule has 1 spiro atoms. The number of nitrogens with zero attached hydrogens (tertiary/aromatic N) is 6. The monoisotopic (exact) mass is 482 g/mol. The van der Waals surface area contributed by atoms with Gasteiger partial charge in [0.15, 0.2) is 5.52 Å². The fourth-order valence-electron chi connectivity index (χ4n) is 5.20. The maximum absolute atomic E-state index is 13.0. The Morgan fingerprint density at radius 1 is 1.15 bits per heavy atom. The highest BCUT2D eigenvalue weighted by molar-refractivity contribution is 5.72. The predicted octanol–water partition coefficient (Wildman–Crippen LogP) is 3.89. The first-order chi connectivity index (χ1) is 16.1. The molecule has 0 radical (unpaired) electrons. The third-order valence-electron chi connectivity index (χ3n) is 7.02. The van der Waals surface area contributed by atoms with E-state index in [1.165, 1.54) is 23.2 Å². The highest BCUT2D eigenvalue weighted by Gasteiger charge is 2.47. The number of alkyl halides is 5. The molecule has 0 atom stereocenters. The number of aromatic nitrogens is 5. The van der Waals surface area contributed by atoms with Crippen LogP contribution in [0.25, 0.3) is 11.0 Å². The molecule has 12 heteroatoms. The number of pyridine rings is 1. The molecule has 182 valence electrons. The maximum atomic E-state index is 13.0. The third kappa shape index (κ3) is 4.30. The van der Waals surface area contributed by atoms with Crippen LogP contribution in [0.2, 0.25) is 0 Å². The summed E-state index contributed by atoms with van der Waals surface area (Å²) in [6.07, 6.45) is -1.01. The summed E-state index contributed by atoms with van der Waals surface area (Å²) in [6, 6.07) is 3.89. The smallest absolute Gasteiger partial charge is 0.297 e. The van der Waals surface area contributed by atoms with Crippen molar-refractivity contribution in [2.75, 3.05) is 13.1 Å². The zero-order valence-corrected chi connectivity index (χ0v) is 18.2. The Kier molecular flexibility index (Phi) is 5.65. The molecule has 4 heterocycles. The van der Waals surface area contributed by atoms with Gasteiger partial charge in [0.2, 0.25) is 0 Å². The number of likely N-dealkylation sites (tertiary alicyclic amines) is 1. The largest absolute Gasteiger partial charge is 0.433 e. The van der Waals surface area contributed by atoms with Gasteiger partial charge in [0.05, 0.1) is 18.2 Å². The van der Waals surface area contributed by atoms with E-state index in [1.807, 2.05) is 0 Å². The fourth-order valence-corrected chi connectivity index (χ4v) is 5.20. The van der Waals surface area contributed by atoms with Crippen LogP contribution >= 0.6 is 0 Å². The van der Waals surface area contributed by atoms with Crippen LogP contribution in [-0.2, 0) is 19.3 Å². The van der Waals surface area contributed by atoms with Crippen LogP contribution in [0.5, 0.6) is 0 Å². The van der Waals surface area contributed by atoms with Gasteiger partial charge < -0.3 is 0 Å². The van der Waals surface area contributed by atoms with Crippen molar-refractivity contribution in [1.82, 2.24) is 29.2 Å². The highest BCUT2D eigenvalue weighted by Crippen LogP contribution is 2.54. The van der Waals surface area contributed by atoms with Gasteiger partial charge in [-0.25, -0.2) is 18.7 Å². The topological polar surface area (TPSA) is 68.8 Å². The summed E-state index contributed by atoms with van der Waals surface area (Å²) in [4.78, 5) is 23.1. The molecule has 3 aromatic heterocycles. The van der Waals surface area contributed by atoms with Crippen LogP contribution in [0.1, 0.15) is 43.1 Å². The second-order valence-electron chi connectivity index (χ2n) is 9.26. The van der Waals surface area contributed by atoms with Crippen LogP contribution in [0.3, 0.4) is 0 Å². The van der Waals surface area contributed by atoms with E-state index in [9.17, 15) is 26.7 Å². The van der Waals surface area contributed by atoms with E-state index in [-0.39, 0.29) is 22.5 Å². The average molecular weight is 482 g/mol. The standard InChI is InChI=1S/C22H23F5N6O/c23-18(24)12-33-19-16(10-29-33)28-13-32(20(19)34)15-8-21(9-15)4-6-31(7-5-21)11-14-2-1-3-17(30-14)22(25,26)27/h1-3,10,13,15,18H,4-9,11-12H2. The third-order valence-corrected chi connectivity index (χ3v) is 7.02. The van der Waals surface area contributed by atoms with E-state index in [1.54, 1.807) is 6.07 Å². The molecule has 0 bridgehead atoms. The zero-order chi connectivity index (χ0) is 24.1. The van der Waals surface area contributed by atoms with Crippen molar-refractivity contribution in [2.24, 2.45) is 5.41 Å². The van der Waals surface area contributed by atoms with Gasteiger partial charge in [-0.3, -0.25) is 18.9 Å². The highest BCUT2D eigenvalue weighted by atomic mass is 19.4. The lowest BCUT2D eigenvalue weighted by atomic mass is 9.60. The molecule has 0 aromatic carbocycles. The number of rotatable bonds is 5. The van der Waals surface area contributed by atoms with Gasteiger partial charge in [0.1, 0.15) is 17.8 Å². The predicted molar refractivity (Wildman–Crippen MR) is 112 cm³/mol. The van der Waals surface area contributed by atoms with Crippen LogP contribution < -0.4 is 5.56 Å². The summed E-state index contributed by atoms with van der Waals surface area (Å²) >= 11 is 0. The van der Waals surface area contributed by atoms with E-state index >= 15 is 0 Å². The zero-order valence-electron chi connectivity index (χ0n) is 18.2. The molecule has 34 heavy (non-hydrogen) atoms. The molecule has 0 amide bonds. The molecule has 3 aromatic rings. The van der Waals surface area contributed by atoms with Gasteiger partial charge in [-0.2, -0.15) is 18.3 Å². The minimum Gasteiger partial charge on any atom is -0.297 e. The van der Waals surface area contributed by atoms with Crippen LogP contribution in [0.4, 0.5) is 22.0 Å². The Bertz CT molecular complexity index is 1240. The van der Waals surface area contributed by atoms with Crippen molar-refractivity contribution in [2.45, 2.75) is 57.4 Å². The van der Waals surface area contributed by atoms with Crippen LogP contribution in [-0.4, -0.2) is 48.7 Å². The van der Waals surface area contributed by atoms with Crippen molar-refractivity contribution in [3.05, 3.63) is 52.5 Å². The molecule has 2 aliphatic rings. The van der Waals surface area contributed by atoms with E-state index in [2.05, 4.69) is 20.0 Å². The van der Waals surface area contributed by atoms with Gasteiger partial charge >= 0.3 is 6.18 Å². The van der Waals surface area contributed by atoms with Crippen LogP contribution in [0.15, 0.2) is 35.5 Å². The first-order valence-electron chi connectivity index (χ1n) is 11.1. The SMILES string of the molecule is O=c1c2c(cnn2CC(F)F)ncn1C1CC2(CCN(Cc3cccc(C(F)(F)F)n3)CC2)C1. The lowest BCUT2D eigenvalue weighted by molar-refractivity contribution is -0.141. The molecule has 1 saturated heterocycles. The lowest BCUT2D eigenvalue weighted by Gasteiger charge is -2.52. The normalized spacial score (nSPS) is 19.2. The quantitative estimate of drug-likeness (QED) is 0.517. The number of piperidine rings is 1. The first kappa shape index (κ1) is 22.9. The summed E-state index contributed by atoms with van der Waals surface area (Å²) in [6.45, 7) is 1.17. The van der Waals surface area contributed by atoms with Crippen molar-refractivity contribution in [3.63, 3.8) is 0 Å². The van der Waals surface area contributed by atoms with Gasteiger partial charge in [-0.05, 0) is 56.3 Å². The molecular formula is C22H23F5N6O. The molecule has 1 aliphatic carbocycles. The molecular weight excluding hydrogens is 459 g/mol. The molecule has 5 rings (SSSR count). The van der Waals surface area contributed by atoms with Gasteiger partial charge in [-0.1, -0.05) is 6.07 Å². The lowest BCUT2D eigenvalue weighted by Crippen LogP contribution is -2.49. The molecule has 1 aliphatic heterocycles. The Labute approximate surface area is 191 Å². The van der Waals surface area contributed by atoms with Crippen molar-refractivity contribution in [3.8, 4) is 0 Å². The number of hydrogen-bond acceptors (Lipinski definition) is 5. The number of hydrogen-bond donors (Lipinski definition) is 0.